The lowest BCUT2D eigenvalue weighted by atomic mass is 10.2. The molecule has 0 aliphatic heterocycles. The van der Waals surface area contributed by atoms with Crippen molar-refractivity contribution in [3.05, 3.63) is 63.3 Å². The van der Waals surface area contributed by atoms with Gasteiger partial charge < -0.3 is 5.11 Å². The Bertz CT molecular complexity index is 883. The van der Waals surface area contributed by atoms with Crippen LogP contribution in [0.3, 0.4) is 0 Å². The molecule has 0 radical (unpaired) electrons. The van der Waals surface area contributed by atoms with Crippen LogP contribution in [0.1, 0.15) is 5.56 Å². The van der Waals surface area contributed by atoms with Crippen molar-refractivity contribution >= 4 is 34.4 Å². The van der Waals surface area contributed by atoms with Crippen LogP contribution in [-0.2, 0) is 0 Å². The van der Waals surface area contributed by atoms with Gasteiger partial charge in [0.2, 0.25) is 4.77 Å². The summed E-state index contributed by atoms with van der Waals surface area (Å²) in [5, 5.41) is 20.6. The van der Waals surface area contributed by atoms with Crippen LogP contribution in [0.15, 0.2) is 58.1 Å². The minimum atomic E-state index is 0.214. The summed E-state index contributed by atoms with van der Waals surface area (Å²) >= 11 is 8.73. The molecule has 110 valence electrons. The molecule has 0 fully saturated rings. The van der Waals surface area contributed by atoms with Gasteiger partial charge in [-0.3, -0.25) is 0 Å². The summed E-state index contributed by atoms with van der Waals surface area (Å²) in [6.45, 7) is 0. The Balaban J connectivity index is 2.02. The maximum Gasteiger partial charge on any atom is 0.216 e. The number of aromatic nitrogens is 3. The van der Waals surface area contributed by atoms with Crippen LogP contribution in [-0.4, -0.2) is 26.2 Å². The van der Waals surface area contributed by atoms with Crippen molar-refractivity contribution in [3.63, 3.8) is 0 Å². The highest BCUT2D eigenvalue weighted by Crippen LogP contribution is 2.26. The Morgan fingerprint density at radius 1 is 1.18 bits per heavy atom. The van der Waals surface area contributed by atoms with Gasteiger partial charge in [-0.1, -0.05) is 28.1 Å². The normalized spacial score (nSPS) is 11.1. The van der Waals surface area contributed by atoms with E-state index in [1.807, 2.05) is 24.3 Å². The lowest BCUT2D eigenvalue weighted by Crippen LogP contribution is -1.95. The quantitative estimate of drug-likeness (QED) is 0.538. The number of rotatable bonds is 3. The third kappa shape index (κ3) is 3.00. The Labute approximate surface area is 140 Å². The number of halogens is 1. The Hall–Kier alpha value is -2.25. The van der Waals surface area contributed by atoms with Crippen LogP contribution in [0.2, 0.25) is 0 Å². The second-order valence-electron chi connectivity index (χ2n) is 4.48. The fourth-order valence-electron chi connectivity index (χ4n) is 1.90. The molecule has 0 atom stereocenters. The van der Waals surface area contributed by atoms with E-state index in [1.165, 1.54) is 0 Å². The molecular weight excluding hydrogens is 364 g/mol. The molecule has 2 N–H and O–H groups in total. The summed E-state index contributed by atoms with van der Waals surface area (Å²) in [5.74, 6) is 0.832. The minimum absolute atomic E-state index is 0.214. The highest BCUT2D eigenvalue weighted by molar-refractivity contribution is 9.10. The summed E-state index contributed by atoms with van der Waals surface area (Å²) in [5.41, 5.74) is 1.73. The molecule has 22 heavy (non-hydrogen) atoms. The molecule has 0 bridgehead atoms. The number of nitrogens with zero attached hydrogens (tertiary/aromatic N) is 3. The smallest absolute Gasteiger partial charge is 0.216 e. The molecule has 3 aromatic rings. The molecule has 2 aromatic carbocycles. The van der Waals surface area contributed by atoms with Gasteiger partial charge in [0.15, 0.2) is 5.82 Å². The summed E-state index contributed by atoms with van der Waals surface area (Å²) in [6.07, 6.45) is 1.66. The van der Waals surface area contributed by atoms with E-state index >= 15 is 0 Å². The van der Waals surface area contributed by atoms with Crippen LogP contribution in [0.25, 0.3) is 11.4 Å². The Morgan fingerprint density at radius 3 is 2.64 bits per heavy atom. The van der Waals surface area contributed by atoms with Gasteiger partial charge in [-0.25, -0.2) is 5.10 Å². The van der Waals surface area contributed by atoms with E-state index in [-0.39, 0.29) is 5.75 Å². The Morgan fingerprint density at radius 2 is 1.91 bits per heavy atom. The number of aromatic hydroxyl groups is 1. The molecule has 0 spiro atoms. The number of hydrogen-bond acceptors (Lipinski definition) is 4. The summed E-state index contributed by atoms with van der Waals surface area (Å²) in [6, 6.07) is 14.4. The van der Waals surface area contributed by atoms with Crippen LogP contribution < -0.4 is 0 Å². The van der Waals surface area contributed by atoms with Gasteiger partial charge in [0.1, 0.15) is 5.75 Å². The zero-order chi connectivity index (χ0) is 15.5. The highest BCUT2D eigenvalue weighted by atomic mass is 79.9. The van der Waals surface area contributed by atoms with Gasteiger partial charge in [0.25, 0.3) is 0 Å². The number of hydrogen-bond donors (Lipinski definition) is 2. The first kappa shape index (κ1) is 14.7. The standard InChI is InChI=1S/C15H11BrN4OS/c16-13-4-2-1-3-12(13)14-18-19-15(22)20(14)17-9-10-5-7-11(21)8-6-10/h1-9,21H,(H,19,22)/b17-9+. The molecular formula is C15H11BrN4OS. The molecule has 0 unspecified atom stereocenters. The average Bonchev–Trinajstić information content (AvgIpc) is 2.88. The second kappa shape index (κ2) is 6.25. The van der Waals surface area contributed by atoms with Gasteiger partial charge in [0.05, 0.1) is 6.21 Å². The predicted octanol–water partition coefficient (Wildman–Crippen LogP) is 3.96. The predicted molar refractivity (Wildman–Crippen MR) is 91.6 cm³/mol. The lowest BCUT2D eigenvalue weighted by molar-refractivity contribution is 0.475. The largest absolute Gasteiger partial charge is 0.508 e. The van der Waals surface area contributed by atoms with Crippen molar-refractivity contribution in [1.29, 1.82) is 0 Å². The van der Waals surface area contributed by atoms with E-state index in [4.69, 9.17) is 12.2 Å². The van der Waals surface area contributed by atoms with E-state index in [1.54, 1.807) is 35.2 Å². The fourth-order valence-corrected chi connectivity index (χ4v) is 2.54. The minimum Gasteiger partial charge on any atom is -0.508 e. The number of nitrogens with one attached hydrogen (secondary N) is 1. The third-order valence-corrected chi connectivity index (χ3v) is 3.94. The molecule has 0 amide bonds. The van der Waals surface area contributed by atoms with Crippen molar-refractivity contribution in [2.24, 2.45) is 5.10 Å². The van der Waals surface area contributed by atoms with Crippen LogP contribution >= 0.6 is 28.1 Å². The third-order valence-electron chi connectivity index (χ3n) is 2.98. The summed E-state index contributed by atoms with van der Waals surface area (Å²) in [4.78, 5) is 0. The van der Waals surface area contributed by atoms with Crippen molar-refractivity contribution in [2.75, 3.05) is 0 Å². The van der Waals surface area contributed by atoms with E-state index in [0.29, 0.717) is 10.6 Å². The first-order valence-electron chi connectivity index (χ1n) is 6.41. The Kier molecular flexibility index (Phi) is 4.17. The van der Waals surface area contributed by atoms with Gasteiger partial charge in [-0.05, 0) is 54.2 Å². The molecule has 5 nitrogen and oxygen atoms in total. The topological polar surface area (TPSA) is 66.2 Å². The first-order valence-corrected chi connectivity index (χ1v) is 7.61. The van der Waals surface area contributed by atoms with Gasteiger partial charge in [-0.2, -0.15) is 14.9 Å². The van der Waals surface area contributed by atoms with Crippen molar-refractivity contribution in [2.45, 2.75) is 0 Å². The maximum absolute atomic E-state index is 9.29. The van der Waals surface area contributed by atoms with E-state index in [9.17, 15) is 5.11 Å². The molecule has 0 aliphatic carbocycles. The SMILES string of the molecule is Oc1ccc(/C=N/n2c(-c3ccccc3Br)n[nH]c2=S)cc1. The van der Waals surface area contributed by atoms with E-state index in [0.717, 1.165) is 15.6 Å². The van der Waals surface area contributed by atoms with Crippen molar-refractivity contribution in [1.82, 2.24) is 14.9 Å². The number of benzene rings is 2. The first-order chi connectivity index (χ1) is 10.6. The zero-order valence-electron chi connectivity index (χ0n) is 11.3. The molecule has 0 saturated carbocycles. The van der Waals surface area contributed by atoms with Gasteiger partial charge in [0, 0.05) is 10.0 Å². The summed E-state index contributed by atoms with van der Waals surface area (Å²) in [7, 11) is 0. The van der Waals surface area contributed by atoms with Crippen LogP contribution in [0, 0.1) is 4.77 Å². The zero-order valence-corrected chi connectivity index (χ0v) is 13.7. The lowest BCUT2D eigenvalue weighted by Gasteiger charge is -2.03. The van der Waals surface area contributed by atoms with Crippen molar-refractivity contribution in [3.8, 4) is 17.1 Å². The number of H-pyrrole nitrogens is 1. The number of phenolic OH excluding ortho intramolecular Hbond substituents is 1. The average molecular weight is 375 g/mol. The summed E-state index contributed by atoms with van der Waals surface area (Å²) < 4.78 is 2.87. The molecule has 1 aromatic heterocycles. The van der Waals surface area contributed by atoms with E-state index < -0.39 is 0 Å². The number of phenols is 1. The molecule has 0 aliphatic rings. The van der Waals surface area contributed by atoms with Crippen LogP contribution in [0.5, 0.6) is 5.75 Å². The fraction of sp³-hybridized carbons (Fsp3) is 0. The van der Waals surface area contributed by atoms with E-state index in [2.05, 4.69) is 31.2 Å². The van der Waals surface area contributed by atoms with Gasteiger partial charge in [-0.15, -0.1) is 0 Å². The molecule has 3 rings (SSSR count). The molecule has 0 saturated heterocycles. The van der Waals surface area contributed by atoms with Gasteiger partial charge >= 0.3 is 0 Å². The van der Waals surface area contributed by atoms with Crippen LogP contribution in [0.4, 0.5) is 0 Å². The second-order valence-corrected chi connectivity index (χ2v) is 5.72. The van der Waals surface area contributed by atoms with Crippen molar-refractivity contribution < 1.29 is 5.11 Å². The monoisotopic (exact) mass is 374 g/mol. The number of aromatic amines is 1. The molecule has 1 heterocycles. The highest BCUT2D eigenvalue weighted by Gasteiger charge is 2.10. The maximum atomic E-state index is 9.29. The molecule has 7 heteroatoms.